The van der Waals surface area contributed by atoms with Crippen LogP contribution in [0.3, 0.4) is 0 Å². The summed E-state index contributed by atoms with van der Waals surface area (Å²) in [6.07, 6.45) is 4.69. The van der Waals surface area contributed by atoms with Crippen LogP contribution in [0.2, 0.25) is 18.1 Å². The second-order valence-corrected chi connectivity index (χ2v) is 16.0. The number of amides is 1. The van der Waals surface area contributed by atoms with Crippen molar-refractivity contribution in [3.8, 4) is 0 Å². The van der Waals surface area contributed by atoms with Crippen LogP contribution >= 0.6 is 0 Å². The summed E-state index contributed by atoms with van der Waals surface area (Å²) in [5.41, 5.74) is -1.08. The molecule has 0 spiro atoms. The van der Waals surface area contributed by atoms with Crippen LogP contribution in [-0.2, 0) is 18.7 Å². The van der Waals surface area contributed by atoms with Gasteiger partial charge in [-0.05, 0) is 44.8 Å². The van der Waals surface area contributed by atoms with Crippen molar-refractivity contribution in [2.75, 3.05) is 0 Å². The summed E-state index contributed by atoms with van der Waals surface area (Å²) in [7, 11) is -2.27. The predicted molar refractivity (Wildman–Crippen MR) is 115 cm³/mol. The summed E-state index contributed by atoms with van der Waals surface area (Å²) in [5.74, 6) is -0.844. The SMILES string of the molecule is CC1(C)O[C@H]2[C@H](O)C[C@](O[Si](C)(C)C(C)(C)C)(C(=O)NC3CCCCC3)C[C@H]2O1. The quantitative estimate of drug-likeness (QED) is 0.666. The average Bonchev–Trinajstić information content (AvgIpc) is 2.89. The first kappa shape index (κ1) is 23.2. The van der Waals surface area contributed by atoms with Crippen molar-refractivity contribution in [1.29, 1.82) is 0 Å². The van der Waals surface area contributed by atoms with Crippen molar-refractivity contribution in [3.05, 3.63) is 0 Å². The highest BCUT2D eigenvalue weighted by Crippen LogP contribution is 2.47. The Balaban J connectivity index is 1.88. The highest BCUT2D eigenvalue weighted by atomic mass is 28.4. The molecular formula is C22H41NO5Si. The zero-order valence-electron chi connectivity index (χ0n) is 19.3. The monoisotopic (exact) mass is 427 g/mol. The van der Waals surface area contributed by atoms with Gasteiger partial charge in [0.2, 0.25) is 0 Å². The Hall–Kier alpha value is -0.473. The molecule has 168 valence electrons. The van der Waals surface area contributed by atoms with E-state index in [0.29, 0.717) is 6.42 Å². The van der Waals surface area contributed by atoms with Crippen LogP contribution < -0.4 is 5.32 Å². The summed E-state index contributed by atoms with van der Waals surface area (Å²) >= 11 is 0. The molecule has 1 amide bonds. The molecule has 0 unspecified atom stereocenters. The summed E-state index contributed by atoms with van der Waals surface area (Å²) in [6, 6.07) is 0.197. The molecule has 1 heterocycles. The van der Waals surface area contributed by atoms with Crippen LogP contribution in [0.25, 0.3) is 0 Å². The molecule has 1 aliphatic heterocycles. The first-order chi connectivity index (χ1) is 13.2. The molecule has 0 aromatic rings. The molecule has 7 heteroatoms. The number of fused-ring (bicyclic) bond motifs is 1. The van der Waals surface area contributed by atoms with Gasteiger partial charge in [0, 0.05) is 18.9 Å². The number of hydrogen-bond acceptors (Lipinski definition) is 5. The molecule has 6 nitrogen and oxygen atoms in total. The number of aliphatic hydroxyl groups excluding tert-OH is 1. The molecule has 4 atom stereocenters. The van der Waals surface area contributed by atoms with E-state index in [2.05, 4.69) is 39.2 Å². The number of carbonyl (C=O) groups is 1. The highest BCUT2D eigenvalue weighted by Gasteiger charge is 2.59. The number of rotatable bonds is 4. The molecule has 0 aromatic heterocycles. The van der Waals surface area contributed by atoms with Gasteiger partial charge >= 0.3 is 0 Å². The molecule has 3 aliphatic rings. The molecule has 3 fully saturated rings. The fourth-order valence-electron chi connectivity index (χ4n) is 4.73. The number of carbonyl (C=O) groups excluding carboxylic acids is 1. The second-order valence-electron chi connectivity index (χ2n) is 11.3. The van der Waals surface area contributed by atoms with Crippen molar-refractivity contribution in [3.63, 3.8) is 0 Å². The second kappa shape index (κ2) is 7.90. The third-order valence-electron chi connectivity index (χ3n) is 7.28. The Morgan fingerprint density at radius 1 is 1.10 bits per heavy atom. The van der Waals surface area contributed by atoms with E-state index >= 15 is 0 Å². The van der Waals surface area contributed by atoms with Crippen molar-refractivity contribution >= 4 is 14.2 Å². The van der Waals surface area contributed by atoms with E-state index in [1.807, 2.05) is 13.8 Å². The smallest absolute Gasteiger partial charge is 0.251 e. The molecule has 2 aliphatic carbocycles. The third kappa shape index (κ3) is 4.90. The fourth-order valence-corrected chi connectivity index (χ4v) is 6.27. The van der Waals surface area contributed by atoms with Gasteiger partial charge in [-0.25, -0.2) is 0 Å². The fraction of sp³-hybridized carbons (Fsp3) is 0.955. The molecule has 29 heavy (non-hydrogen) atoms. The van der Waals surface area contributed by atoms with Gasteiger partial charge in [0.1, 0.15) is 11.7 Å². The lowest BCUT2D eigenvalue weighted by Gasteiger charge is -2.49. The minimum absolute atomic E-state index is 0.0424. The van der Waals surface area contributed by atoms with Gasteiger partial charge in [-0.2, -0.15) is 0 Å². The molecule has 0 aromatic carbocycles. The number of aliphatic hydroxyl groups is 1. The van der Waals surface area contributed by atoms with E-state index in [0.717, 1.165) is 25.7 Å². The topological polar surface area (TPSA) is 77.0 Å². The molecule has 0 radical (unpaired) electrons. The molecular weight excluding hydrogens is 386 g/mol. The van der Waals surface area contributed by atoms with Crippen molar-refractivity contribution in [2.24, 2.45) is 0 Å². The lowest BCUT2D eigenvalue weighted by atomic mass is 9.78. The maximum Gasteiger partial charge on any atom is 0.251 e. The largest absolute Gasteiger partial charge is 0.402 e. The molecule has 1 saturated heterocycles. The van der Waals surface area contributed by atoms with Crippen LogP contribution in [0.1, 0.15) is 79.6 Å². The minimum Gasteiger partial charge on any atom is -0.402 e. The van der Waals surface area contributed by atoms with Gasteiger partial charge in [0.15, 0.2) is 14.1 Å². The van der Waals surface area contributed by atoms with Crippen LogP contribution in [0.5, 0.6) is 0 Å². The first-order valence-corrected chi connectivity index (χ1v) is 14.2. The lowest BCUT2D eigenvalue weighted by molar-refractivity contribution is -0.156. The zero-order chi connectivity index (χ0) is 21.7. The number of nitrogens with one attached hydrogen (secondary N) is 1. The van der Waals surface area contributed by atoms with Crippen LogP contribution in [0.4, 0.5) is 0 Å². The van der Waals surface area contributed by atoms with E-state index in [9.17, 15) is 9.90 Å². The van der Waals surface area contributed by atoms with Crippen LogP contribution in [0.15, 0.2) is 0 Å². The van der Waals surface area contributed by atoms with E-state index in [1.165, 1.54) is 6.42 Å². The first-order valence-electron chi connectivity index (χ1n) is 11.3. The summed E-state index contributed by atoms with van der Waals surface area (Å²) in [5, 5.41) is 14.2. The number of ether oxygens (including phenoxy) is 2. The van der Waals surface area contributed by atoms with E-state index in [-0.39, 0.29) is 29.5 Å². The summed E-state index contributed by atoms with van der Waals surface area (Å²) in [6.45, 7) is 14.6. The van der Waals surface area contributed by atoms with Crippen LogP contribution in [0, 0.1) is 0 Å². The molecule has 2 N–H and O–H groups in total. The zero-order valence-corrected chi connectivity index (χ0v) is 20.3. The maximum absolute atomic E-state index is 13.7. The van der Waals surface area contributed by atoms with E-state index < -0.39 is 31.9 Å². The molecule has 0 bridgehead atoms. The Labute approximate surface area is 177 Å². The number of hydrogen-bond donors (Lipinski definition) is 2. The summed E-state index contributed by atoms with van der Waals surface area (Å²) in [4.78, 5) is 13.7. The van der Waals surface area contributed by atoms with Gasteiger partial charge in [-0.3, -0.25) is 4.79 Å². The molecule has 2 saturated carbocycles. The predicted octanol–water partition coefficient (Wildman–Crippen LogP) is 3.87. The van der Waals surface area contributed by atoms with Gasteiger partial charge < -0.3 is 24.3 Å². The van der Waals surface area contributed by atoms with Crippen molar-refractivity contribution in [1.82, 2.24) is 5.32 Å². The van der Waals surface area contributed by atoms with Crippen molar-refractivity contribution < 1.29 is 23.8 Å². The summed E-state index contributed by atoms with van der Waals surface area (Å²) < 4.78 is 18.8. The standard InChI is InChI=1S/C22H41NO5Si/c1-20(2,3)29(6,7)28-22(19(25)23-15-11-9-8-10-12-15)13-16(24)18-17(14-22)26-21(4,5)27-18/h15-18,24H,8-14H2,1-7H3,(H,23,25)/t16-,17-,18+,22-/m1/s1. The normalized spacial score (nSPS) is 35.9. The lowest BCUT2D eigenvalue weighted by Crippen LogP contribution is -2.64. The molecule has 3 rings (SSSR count). The average molecular weight is 428 g/mol. The Bertz CT molecular complexity index is 611. The minimum atomic E-state index is -2.27. The van der Waals surface area contributed by atoms with E-state index in [1.54, 1.807) is 0 Å². The van der Waals surface area contributed by atoms with Gasteiger partial charge in [0.25, 0.3) is 5.91 Å². The Kier molecular flexibility index (Phi) is 6.32. The Morgan fingerprint density at radius 3 is 2.31 bits per heavy atom. The van der Waals surface area contributed by atoms with Gasteiger partial charge in [0.05, 0.1) is 12.2 Å². The Morgan fingerprint density at radius 2 is 1.72 bits per heavy atom. The van der Waals surface area contributed by atoms with Crippen molar-refractivity contribution in [2.45, 2.75) is 133 Å². The van der Waals surface area contributed by atoms with E-state index in [4.69, 9.17) is 13.9 Å². The van der Waals surface area contributed by atoms with Gasteiger partial charge in [-0.1, -0.05) is 40.0 Å². The third-order valence-corrected chi connectivity index (χ3v) is 11.8. The maximum atomic E-state index is 13.7. The van der Waals surface area contributed by atoms with Crippen LogP contribution in [-0.4, -0.2) is 55.1 Å². The van der Waals surface area contributed by atoms with Gasteiger partial charge in [-0.15, -0.1) is 0 Å². The highest BCUT2D eigenvalue weighted by molar-refractivity contribution is 6.74.